The van der Waals surface area contributed by atoms with E-state index in [0.29, 0.717) is 23.8 Å². The van der Waals surface area contributed by atoms with Crippen LogP contribution < -0.4 is 0 Å². The van der Waals surface area contributed by atoms with E-state index in [1.54, 1.807) is 0 Å². The van der Waals surface area contributed by atoms with Crippen molar-refractivity contribution in [3.63, 3.8) is 0 Å². The van der Waals surface area contributed by atoms with Gasteiger partial charge in [0.1, 0.15) is 6.23 Å². The molecule has 0 unspecified atom stereocenters. The summed E-state index contributed by atoms with van der Waals surface area (Å²) in [6.45, 7) is 9.43. The molecule has 3 atom stereocenters. The number of fused-ring (bicyclic) bond motifs is 1. The number of hydrogen-bond acceptors (Lipinski definition) is 2. The average molecular weight is 239 g/mol. The van der Waals surface area contributed by atoms with Gasteiger partial charge in [-0.15, -0.1) is 0 Å². The first-order valence-corrected chi connectivity index (χ1v) is 6.96. The van der Waals surface area contributed by atoms with Crippen LogP contribution in [0.25, 0.3) is 0 Å². The zero-order valence-corrected chi connectivity index (χ0v) is 11.5. The van der Waals surface area contributed by atoms with Gasteiger partial charge in [-0.1, -0.05) is 27.7 Å². The Kier molecular flexibility index (Phi) is 3.76. The fourth-order valence-electron chi connectivity index (χ4n) is 3.19. The van der Waals surface area contributed by atoms with Crippen molar-refractivity contribution >= 4 is 5.91 Å². The van der Waals surface area contributed by atoms with Crippen molar-refractivity contribution in [2.75, 3.05) is 6.61 Å². The Morgan fingerprint density at radius 1 is 1.12 bits per heavy atom. The van der Waals surface area contributed by atoms with Crippen molar-refractivity contribution in [3.8, 4) is 0 Å². The van der Waals surface area contributed by atoms with E-state index in [-0.39, 0.29) is 12.1 Å². The van der Waals surface area contributed by atoms with E-state index in [1.807, 2.05) is 0 Å². The molecule has 3 heteroatoms. The summed E-state index contributed by atoms with van der Waals surface area (Å²) in [6.07, 6.45) is 3.05. The highest BCUT2D eigenvalue weighted by atomic mass is 16.5. The maximum Gasteiger partial charge on any atom is 0.228 e. The molecule has 2 saturated heterocycles. The largest absolute Gasteiger partial charge is 0.358 e. The molecule has 3 nitrogen and oxygen atoms in total. The summed E-state index contributed by atoms with van der Waals surface area (Å²) >= 11 is 0. The fourth-order valence-corrected chi connectivity index (χ4v) is 3.19. The molecule has 2 aliphatic rings. The lowest BCUT2D eigenvalue weighted by molar-refractivity contribution is -0.146. The Morgan fingerprint density at radius 2 is 1.82 bits per heavy atom. The Bertz CT molecular complexity index is 288. The van der Waals surface area contributed by atoms with Gasteiger partial charge in [-0.2, -0.15) is 0 Å². The zero-order chi connectivity index (χ0) is 12.6. The van der Waals surface area contributed by atoms with Crippen molar-refractivity contribution in [2.45, 2.75) is 59.2 Å². The third-order valence-electron chi connectivity index (χ3n) is 4.26. The van der Waals surface area contributed by atoms with E-state index in [2.05, 4.69) is 32.6 Å². The lowest BCUT2D eigenvalue weighted by atomic mass is 9.90. The van der Waals surface area contributed by atoms with E-state index in [1.165, 1.54) is 0 Å². The van der Waals surface area contributed by atoms with E-state index in [0.717, 1.165) is 25.9 Å². The van der Waals surface area contributed by atoms with Crippen LogP contribution in [0.1, 0.15) is 47.0 Å². The summed E-state index contributed by atoms with van der Waals surface area (Å²) in [7, 11) is 0. The highest BCUT2D eigenvalue weighted by Crippen LogP contribution is 2.35. The summed E-state index contributed by atoms with van der Waals surface area (Å²) in [6, 6.07) is 0.381. The molecule has 2 aliphatic heterocycles. The minimum Gasteiger partial charge on any atom is -0.358 e. The molecule has 2 rings (SSSR count). The fraction of sp³-hybridized carbons (Fsp3) is 0.929. The van der Waals surface area contributed by atoms with Crippen molar-refractivity contribution in [2.24, 2.45) is 17.8 Å². The maximum atomic E-state index is 12.6. The Labute approximate surface area is 105 Å². The molecule has 0 spiro atoms. The second-order valence-corrected chi connectivity index (χ2v) is 6.10. The predicted molar refractivity (Wildman–Crippen MR) is 67.4 cm³/mol. The molecule has 0 aromatic carbocycles. The van der Waals surface area contributed by atoms with Crippen molar-refractivity contribution in [3.05, 3.63) is 0 Å². The number of nitrogens with zero attached hydrogens (tertiary/aromatic N) is 1. The molecular weight excluding hydrogens is 214 g/mol. The zero-order valence-electron chi connectivity index (χ0n) is 11.5. The van der Waals surface area contributed by atoms with Crippen LogP contribution in [0.2, 0.25) is 0 Å². The van der Waals surface area contributed by atoms with Gasteiger partial charge < -0.3 is 9.64 Å². The molecule has 0 bridgehead atoms. The smallest absolute Gasteiger partial charge is 0.228 e. The normalized spacial score (nSPS) is 34.4. The molecule has 0 saturated carbocycles. The minimum atomic E-state index is 0.0543. The molecule has 0 N–H and O–H groups in total. The summed E-state index contributed by atoms with van der Waals surface area (Å²) in [5.41, 5.74) is 0. The van der Waals surface area contributed by atoms with E-state index in [4.69, 9.17) is 4.74 Å². The van der Waals surface area contributed by atoms with Gasteiger partial charge in [0.2, 0.25) is 5.91 Å². The molecule has 2 fully saturated rings. The number of carbonyl (C=O) groups excluding carboxylic acids is 1. The second kappa shape index (κ2) is 4.97. The molecule has 2 heterocycles. The van der Waals surface area contributed by atoms with Crippen LogP contribution in [0, 0.1) is 17.8 Å². The van der Waals surface area contributed by atoms with Crippen LogP contribution >= 0.6 is 0 Å². The van der Waals surface area contributed by atoms with Gasteiger partial charge in [0.05, 0.1) is 0 Å². The predicted octanol–water partition coefficient (Wildman–Crippen LogP) is 2.65. The molecule has 1 amide bonds. The average Bonchev–Trinajstić information content (AvgIpc) is 2.60. The highest BCUT2D eigenvalue weighted by molar-refractivity contribution is 5.80. The molecule has 0 aromatic heterocycles. The van der Waals surface area contributed by atoms with Crippen LogP contribution in [-0.2, 0) is 9.53 Å². The van der Waals surface area contributed by atoms with Gasteiger partial charge >= 0.3 is 0 Å². The molecule has 0 aliphatic carbocycles. The van der Waals surface area contributed by atoms with E-state index < -0.39 is 0 Å². The second-order valence-electron chi connectivity index (χ2n) is 6.10. The third kappa shape index (κ3) is 2.35. The molecule has 0 aromatic rings. The third-order valence-corrected chi connectivity index (χ3v) is 4.26. The van der Waals surface area contributed by atoms with Gasteiger partial charge in [0.25, 0.3) is 0 Å². The van der Waals surface area contributed by atoms with E-state index >= 15 is 0 Å². The minimum absolute atomic E-state index is 0.0543. The quantitative estimate of drug-likeness (QED) is 0.741. The number of hydrogen-bond donors (Lipinski definition) is 0. The Balaban J connectivity index is 2.21. The van der Waals surface area contributed by atoms with Gasteiger partial charge in [0, 0.05) is 18.6 Å². The molecule has 17 heavy (non-hydrogen) atoms. The van der Waals surface area contributed by atoms with Gasteiger partial charge in [0.15, 0.2) is 0 Å². The standard InChI is InChI=1S/C14H25NO2/c1-9(2)11-7-8-17-13-6-5-12(10(3)4)15(13)14(11)16/h9-13H,5-8H2,1-4H3/t11-,12+,13+/m1/s1. The Morgan fingerprint density at radius 3 is 2.41 bits per heavy atom. The lowest BCUT2D eigenvalue weighted by Crippen LogP contribution is -2.46. The summed E-state index contributed by atoms with van der Waals surface area (Å²) < 4.78 is 5.86. The van der Waals surface area contributed by atoms with Crippen LogP contribution in [0.3, 0.4) is 0 Å². The van der Waals surface area contributed by atoms with Crippen LogP contribution in [0.4, 0.5) is 0 Å². The van der Waals surface area contributed by atoms with Crippen molar-refractivity contribution in [1.29, 1.82) is 0 Å². The SMILES string of the molecule is CC(C)[C@H]1CCO[C@H]2CC[C@@H](C(C)C)N2C1=O. The summed E-state index contributed by atoms with van der Waals surface area (Å²) in [5, 5.41) is 0. The Hall–Kier alpha value is -0.570. The lowest BCUT2D eigenvalue weighted by Gasteiger charge is -2.33. The van der Waals surface area contributed by atoms with Crippen LogP contribution in [0.15, 0.2) is 0 Å². The van der Waals surface area contributed by atoms with Gasteiger partial charge in [-0.3, -0.25) is 4.79 Å². The van der Waals surface area contributed by atoms with Gasteiger partial charge in [-0.25, -0.2) is 0 Å². The van der Waals surface area contributed by atoms with Gasteiger partial charge in [-0.05, 0) is 31.1 Å². The number of carbonyl (C=O) groups is 1. The maximum absolute atomic E-state index is 12.6. The first-order chi connectivity index (χ1) is 8.02. The number of ether oxygens (including phenoxy) is 1. The summed E-state index contributed by atoms with van der Waals surface area (Å²) in [4.78, 5) is 14.7. The van der Waals surface area contributed by atoms with Crippen molar-refractivity contribution < 1.29 is 9.53 Å². The van der Waals surface area contributed by atoms with Crippen LogP contribution in [0.5, 0.6) is 0 Å². The van der Waals surface area contributed by atoms with Crippen molar-refractivity contribution in [1.82, 2.24) is 4.90 Å². The monoisotopic (exact) mass is 239 g/mol. The van der Waals surface area contributed by atoms with E-state index in [9.17, 15) is 4.79 Å². The number of amides is 1. The summed E-state index contributed by atoms with van der Waals surface area (Å²) in [5.74, 6) is 1.43. The molecule has 98 valence electrons. The molecular formula is C14H25NO2. The topological polar surface area (TPSA) is 29.5 Å². The van der Waals surface area contributed by atoms with Crippen LogP contribution in [-0.4, -0.2) is 29.7 Å². The number of rotatable bonds is 2. The first kappa shape index (κ1) is 12.9. The first-order valence-electron chi connectivity index (χ1n) is 6.96. The molecule has 0 radical (unpaired) electrons. The highest BCUT2D eigenvalue weighted by Gasteiger charge is 2.43.